The summed E-state index contributed by atoms with van der Waals surface area (Å²) in [6, 6.07) is 19.6. The van der Waals surface area contributed by atoms with E-state index < -0.39 is 11.8 Å². The standard InChI is InChI=1S/C27H26N2O5/c1-5-34-21-8-6-7-19(15-21)29-26(30)24(18-11-9-17(2)10-12-18)25(27(29)31)28-22-16-20(32-3)13-14-23(22)33-4/h6-16,28H,5H2,1-4H3. The molecule has 0 radical (unpaired) electrons. The molecule has 0 fully saturated rings. The summed E-state index contributed by atoms with van der Waals surface area (Å²) < 4.78 is 16.4. The molecule has 0 bridgehead atoms. The highest BCUT2D eigenvalue weighted by molar-refractivity contribution is 6.46. The number of anilines is 2. The molecule has 7 heteroatoms. The van der Waals surface area contributed by atoms with Crippen LogP contribution in [0.3, 0.4) is 0 Å². The van der Waals surface area contributed by atoms with Gasteiger partial charge in [0.15, 0.2) is 0 Å². The first-order valence-corrected chi connectivity index (χ1v) is 10.9. The van der Waals surface area contributed by atoms with Crippen molar-refractivity contribution in [1.82, 2.24) is 0 Å². The van der Waals surface area contributed by atoms with Gasteiger partial charge in [0, 0.05) is 12.1 Å². The van der Waals surface area contributed by atoms with E-state index in [1.54, 1.807) is 49.6 Å². The van der Waals surface area contributed by atoms with Gasteiger partial charge < -0.3 is 19.5 Å². The Labute approximate surface area is 198 Å². The van der Waals surface area contributed by atoms with Crippen molar-refractivity contribution in [3.8, 4) is 17.2 Å². The summed E-state index contributed by atoms with van der Waals surface area (Å²) in [7, 11) is 3.09. The van der Waals surface area contributed by atoms with E-state index in [1.165, 1.54) is 7.11 Å². The van der Waals surface area contributed by atoms with Crippen molar-refractivity contribution in [2.75, 3.05) is 31.0 Å². The Morgan fingerprint density at radius 3 is 2.29 bits per heavy atom. The summed E-state index contributed by atoms with van der Waals surface area (Å²) in [5, 5.41) is 3.15. The van der Waals surface area contributed by atoms with Crippen LogP contribution >= 0.6 is 0 Å². The molecule has 0 spiro atoms. The zero-order valence-corrected chi connectivity index (χ0v) is 19.5. The van der Waals surface area contributed by atoms with Crippen molar-refractivity contribution in [3.05, 3.63) is 83.6 Å². The average Bonchev–Trinajstić information content (AvgIpc) is 3.09. The summed E-state index contributed by atoms with van der Waals surface area (Å²) >= 11 is 0. The summed E-state index contributed by atoms with van der Waals surface area (Å²) in [6.45, 7) is 4.31. The summed E-state index contributed by atoms with van der Waals surface area (Å²) in [4.78, 5) is 28.5. The third-order valence-corrected chi connectivity index (χ3v) is 5.48. The Kier molecular flexibility index (Phi) is 6.54. The molecule has 0 unspecified atom stereocenters. The van der Waals surface area contributed by atoms with Crippen molar-refractivity contribution < 1.29 is 23.8 Å². The van der Waals surface area contributed by atoms with Gasteiger partial charge in [0.1, 0.15) is 22.9 Å². The number of rotatable bonds is 8. The number of hydrogen-bond acceptors (Lipinski definition) is 6. The molecule has 0 aliphatic carbocycles. The fourth-order valence-corrected chi connectivity index (χ4v) is 3.79. The molecule has 2 amide bonds. The number of aryl methyl sites for hydroxylation is 1. The topological polar surface area (TPSA) is 77.1 Å². The van der Waals surface area contributed by atoms with Gasteiger partial charge >= 0.3 is 0 Å². The van der Waals surface area contributed by atoms with Crippen LogP contribution in [0.2, 0.25) is 0 Å². The van der Waals surface area contributed by atoms with Gasteiger partial charge in [0.05, 0.1) is 37.8 Å². The van der Waals surface area contributed by atoms with E-state index in [0.29, 0.717) is 40.8 Å². The molecule has 4 rings (SSSR count). The molecule has 1 aliphatic heterocycles. The molecule has 34 heavy (non-hydrogen) atoms. The molecule has 3 aromatic rings. The van der Waals surface area contributed by atoms with Gasteiger partial charge in [-0.2, -0.15) is 0 Å². The SMILES string of the molecule is CCOc1cccc(N2C(=O)C(Nc3cc(OC)ccc3OC)=C(c3ccc(C)cc3)C2=O)c1. The van der Waals surface area contributed by atoms with E-state index >= 15 is 0 Å². The lowest BCUT2D eigenvalue weighted by Crippen LogP contribution is -2.32. The normalized spacial score (nSPS) is 13.4. The highest BCUT2D eigenvalue weighted by Crippen LogP contribution is 2.37. The van der Waals surface area contributed by atoms with Crippen LogP contribution in [-0.2, 0) is 9.59 Å². The fourth-order valence-electron chi connectivity index (χ4n) is 3.79. The average molecular weight is 459 g/mol. The van der Waals surface area contributed by atoms with Crippen LogP contribution in [0.15, 0.2) is 72.4 Å². The second kappa shape index (κ2) is 9.70. The monoisotopic (exact) mass is 458 g/mol. The van der Waals surface area contributed by atoms with Crippen LogP contribution in [0, 0.1) is 6.92 Å². The molecule has 174 valence electrons. The number of amides is 2. The van der Waals surface area contributed by atoms with Gasteiger partial charge in [-0.3, -0.25) is 9.59 Å². The lowest BCUT2D eigenvalue weighted by Gasteiger charge is -2.17. The third kappa shape index (κ3) is 4.32. The number of nitrogens with one attached hydrogen (secondary N) is 1. The Balaban J connectivity index is 1.83. The number of hydrogen-bond donors (Lipinski definition) is 1. The quantitative estimate of drug-likeness (QED) is 0.489. The molecule has 7 nitrogen and oxygen atoms in total. The van der Waals surface area contributed by atoms with Gasteiger partial charge in [-0.1, -0.05) is 35.9 Å². The van der Waals surface area contributed by atoms with E-state index in [4.69, 9.17) is 14.2 Å². The number of imide groups is 1. The molecule has 0 aromatic heterocycles. The lowest BCUT2D eigenvalue weighted by atomic mass is 10.0. The second-order valence-electron chi connectivity index (χ2n) is 7.68. The Bertz CT molecular complexity index is 1260. The smallest absolute Gasteiger partial charge is 0.282 e. The minimum atomic E-state index is -0.473. The van der Waals surface area contributed by atoms with Gasteiger partial charge in [-0.25, -0.2) is 4.90 Å². The molecular formula is C27H26N2O5. The molecule has 1 heterocycles. The number of nitrogens with zero attached hydrogens (tertiary/aromatic N) is 1. The van der Waals surface area contributed by atoms with E-state index in [0.717, 1.165) is 10.5 Å². The van der Waals surface area contributed by atoms with Gasteiger partial charge in [-0.05, 0) is 43.7 Å². The number of methoxy groups -OCH3 is 2. The van der Waals surface area contributed by atoms with Crippen LogP contribution < -0.4 is 24.4 Å². The maximum Gasteiger partial charge on any atom is 0.282 e. The van der Waals surface area contributed by atoms with Gasteiger partial charge in [0.2, 0.25) is 0 Å². The van der Waals surface area contributed by atoms with Crippen LogP contribution in [0.1, 0.15) is 18.1 Å². The maximum atomic E-state index is 13.7. The van der Waals surface area contributed by atoms with Crippen LogP contribution in [0.5, 0.6) is 17.2 Å². The highest BCUT2D eigenvalue weighted by Gasteiger charge is 2.40. The third-order valence-electron chi connectivity index (χ3n) is 5.48. The maximum absolute atomic E-state index is 13.7. The minimum absolute atomic E-state index is 0.155. The Hall–Kier alpha value is -4.26. The van der Waals surface area contributed by atoms with Crippen molar-refractivity contribution in [2.24, 2.45) is 0 Å². The summed E-state index contributed by atoms with van der Waals surface area (Å²) in [5.41, 5.74) is 3.05. The minimum Gasteiger partial charge on any atom is -0.497 e. The number of carbonyl (C=O) groups is 2. The molecule has 0 saturated carbocycles. The first kappa shape index (κ1) is 22.9. The predicted octanol–water partition coefficient (Wildman–Crippen LogP) is 4.81. The first-order valence-electron chi connectivity index (χ1n) is 10.9. The Morgan fingerprint density at radius 1 is 0.853 bits per heavy atom. The zero-order chi connectivity index (χ0) is 24.2. The first-order chi connectivity index (χ1) is 16.5. The molecular weight excluding hydrogens is 432 g/mol. The predicted molar refractivity (Wildman–Crippen MR) is 131 cm³/mol. The van der Waals surface area contributed by atoms with E-state index in [2.05, 4.69) is 5.32 Å². The van der Waals surface area contributed by atoms with E-state index in [-0.39, 0.29) is 11.3 Å². The fraction of sp³-hybridized carbons (Fsp3) is 0.185. The van der Waals surface area contributed by atoms with Crippen molar-refractivity contribution in [2.45, 2.75) is 13.8 Å². The van der Waals surface area contributed by atoms with Crippen molar-refractivity contribution >= 4 is 28.8 Å². The molecule has 0 saturated heterocycles. The van der Waals surface area contributed by atoms with E-state index in [1.807, 2.05) is 38.1 Å². The lowest BCUT2D eigenvalue weighted by molar-refractivity contribution is -0.120. The molecule has 1 N–H and O–H groups in total. The number of benzene rings is 3. The zero-order valence-electron chi connectivity index (χ0n) is 19.5. The largest absolute Gasteiger partial charge is 0.497 e. The van der Waals surface area contributed by atoms with Crippen molar-refractivity contribution in [3.63, 3.8) is 0 Å². The van der Waals surface area contributed by atoms with Crippen LogP contribution in [0.4, 0.5) is 11.4 Å². The highest BCUT2D eigenvalue weighted by atomic mass is 16.5. The molecule has 1 aliphatic rings. The molecule has 3 aromatic carbocycles. The number of ether oxygens (including phenoxy) is 3. The number of carbonyl (C=O) groups excluding carboxylic acids is 2. The van der Waals surface area contributed by atoms with Gasteiger partial charge in [-0.15, -0.1) is 0 Å². The summed E-state index contributed by atoms with van der Waals surface area (Å²) in [6.07, 6.45) is 0. The summed E-state index contributed by atoms with van der Waals surface area (Å²) in [5.74, 6) is 0.770. The van der Waals surface area contributed by atoms with E-state index in [9.17, 15) is 9.59 Å². The van der Waals surface area contributed by atoms with Crippen molar-refractivity contribution in [1.29, 1.82) is 0 Å². The Morgan fingerprint density at radius 2 is 1.62 bits per heavy atom. The van der Waals surface area contributed by atoms with Gasteiger partial charge in [0.25, 0.3) is 11.8 Å². The molecule has 0 atom stereocenters. The van der Waals surface area contributed by atoms with Crippen LogP contribution in [-0.4, -0.2) is 32.6 Å². The van der Waals surface area contributed by atoms with Crippen LogP contribution in [0.25, 0.3) is 5.57 Å². The second-order valence-corrected chi connectivity index (χ2v) is 7.68.